The number of H-pyrrole nitrogens is 1. The van der Waals surface area contributed by atoms with E-state index in [1.165, 1.54) is 9.13 Å². The zero-order valence-electron chi connectivity index (χ0n) is 28.5. The molecule has 0 bridgehead atoms. The predicted octanol–water partition coefficient (Wildman–Crippen LogP) is 5.08. The fraction of sp³-hybridized carbons (Fsp3) is 0.432. The van der Waals surface area contributed by atoms with E-state index in [0.717, 1.165) is 79.8 Å². The smallest absolute Gasteiger partial charge is 0.408 e. The van der Waals surface area contributed by atoms with Crippen molar-refractivity contribution in [3.8, 4) is 0 Å². The van der Waals surface area contributed by atoms with E-state index < -0.39 is 12.1 Å². The van der Waals surface area contributed by atoms with E-state index in [1.54, 1.807) is 25.0 Å². The van der Waals surface area contributed by atoms with Crippen LogP contribution in [0.4, 0.5) is 4.79 Å². The molecule has 1 unspecified atom stereocenters. The normalized spacial score (nSPS) is 12.0. The molecule has 3 N–H and O–H groups in total. The molecule has 260 valence electrons. The average molecular weight is 670 g/mol. The van der Waals surface area contributed by atoms with Crippen molar-refractivity contribution in [3.05, 3.63) is 99.1 Å². The monoisotopic (exact) mass is 669 g/mol. The third-order valence-corrected chi connectivity index (χ3v) is 8.98. The number of carbonyl (C=O) groups is 2. The lowest BCUT2D eigenvalue weighted by molar-refractivity contribution is -0.123. The molecule has 5 aromatic rings. The Morgan fingerprint density at radius 1 is 0.878 bits per heavy atom. The van der Waals surface area contributed by atoms with Crippen molar-refractivity contribution >= 4 is 34.1 Å². The van der Waals surface area contributed by atoms with E-state index in [2.05, 4.69) is 20.6 Å². The summed E-state index contributed by atoms with van der Waals surface area (Å²) in [6.07, 6.45) is 12.2. The van der Waals surface area contributed by atoms with Crippen LogP contribution in [0.2, 0.25) is 0 Å². The molecule has 0 aliphatic heterocycles. The van der Waals surface area contributed by atoms with Gasteiger partial charge in [-0.3, -0.25) is 18.7 Å². The Balaban J connectivity index is 0.983. The van der Waals surface area contributed by atoms with Crippen molar-refractivity contribution in [2.45, 2.75) is 83.4 Å². The fourth-order valence-corrected chi connectivity index (χ4v) is 6.20. The summed E-state index contributed by atoms with van der Waals surface area (Å²) in [5, 5.41) is 6.81. The molecule has 1 atom stereocenters. The number of ether oxygens (including phenoxy) is 1. The number of nitrogens with one attached hydrogen (secondary N) is 3. The van der Waals surface area contributed by atoms with Crippen molar-refractivity contribution in [1.29, 1.82) is 0 Å². The molecule has 0 radical (unpaired) electrons. The molecule has 2 aromatic carbocycles. The van der Waals surface area contributed by atoms with Gasteiger partial charge < -0.3 is 24.9 Å². The third-order valence-electron chi connectivity index (χ3n) is 8.98. The minimum atomic E-state index is -0.776. The first-order chi connectivity index (χ1) is 23.8. The number of unbranched alkanes of at least 4 members (excludes halogenated alkanes) is 8. The first-order valence-electron chi connectivity index (χ1n) is 17.2. The summed E-state index contributed by atoms with van der Waals surface area (Å²) in [5.74, 6) is -0.234. The Labute approximate surface area is 285 Å². The fourth-order valence-electron chi connectivity index (χ4n) is 6.20. The van der Waals surface area contributed by atoms with Gasteiger partial charge in [-0.1, -0.05) is 93.5 Å². The summed E-state index contributed by atoms with van der Waals surface area (Å²) >= 11 is 0. The maximum absolute atomic E-state index is 13.2. The van der Waals surface area contributed by atoms with Crippen molar-refractivity contribution in [2.24, 2.45) is 14.1 Å². The van der Waals surface area contributed by atoms with E-state index in [0.29, 0.717) is 30.7 Å². The lowest BCUT2D eigenvalue weighted by Crippen LogP contribution is -2.48. The quantitative estimate of drug-likeness (QED) is 0.111. The molecular weight excluding hydrogens is 622 g/mol. The largest absolute Gasteiger partial charge is 0.445 e. The molecule has 12 nitrogen and oxygen atoms in total. The highest BCUT2D eigenvalue weighted by molar-refractivity contribution is 5.88. The van der Waals surface area contributed by atoms with Gasteiger partial charge in [0.2, 0.25) is 5.91 Å². The van der Waals surface area contributed by atoms with E-state index in [1.807, 2.05) is 60.8 Å². The molecule has 5 rings (SSSR count). The lowest BCUT2D eigenvalue weighted by atomic mass is 10.0. The molecule has 12 heteroatoms. The van der Waals surface area contributed by atoms with Gasteiger partial charge in [0.1, 0.15) is 12.6 Å². The molecule has 3 heterocycles. The molecule has 0 saturated heterocycles. The van der Waals surface area contributed by atoms with Crippen LogP contribution in [0.3, 0.4) is 0 Å². The summed E-state index contributed by atoms with van der Waals surface area (Å²) < 4.78 is 9.83. The Bertz CT molecular complexity index is 1960. The third kappa shape index (κ3) is 9.27. The highest BCUT2D eigenvalue weighted by Gasteiger charge is 2.23. The van der Waals surface area contributed by atoms with Crippen LogP contribution < -0.4 is 21.9 Å². The van der Waals surface area contributed by atoms with E-state index in [-0.39, 0.29) is 23.8 Å². The first-order valence-corrected chi connectivity index (χ1v) is 17.2. The topological polar surface area (TPSA) is 145 Å². The van der Waals surface area contributed by atoms with Crippen LogP contribution in [0.15, 0.2) is 76.7 Å². The summed E-state index contributed by atoms with van der Waals surface area (Å²) in [7, 11) is 3.41. The molecular formula is C37H47N7O5. The van der Waals surface area contributed by atoms with Crippen molar-refractivity contribution < 1.29 is 14.3 Å². The van der Waals surface area contributed by atoms with Crippen molar-refractivity contribution in [1.82, 2.24) is 34.3 Å². The number of para-hydroxylation sites is 1. The summed E-state index contributed by atoms with van der Waals surface area (Å²) in [4.78, 5) is 58.8. The standard InChI is InChI=1S/C37H47N7O5/c1-42-26-40-33-32(42)35(46)44(37(48)43(33)2)22-16-9-7-5-3-4-6-8-15-21-38-34(45)31(23-28-24-39-30-20-14-13-19-29(28)30)41-36(47)49-25-27-17-11-10-12-18-27/h10-14,17-20,24,26,31,39H,3-9,15-16,21-23,25H2,1-2H3,(H,38,45)(H,41,47). The number of rotatable bonds is 18. The predicted molar refractivity (Wildman–Crippen MR) is 190 cm³/mol. The van der Waals surface area contributed by atoms with Gasteiger partial charge >= 0.3 is 11.8 Å². The van der Waals surface area contributed by atoms with Crippen LogP contribution in [0.1, 0.15) is 68.9 Å². The molecule has 0 aliphatic rings. The number of hydrogen-bond acceptors (Lipinski definition) is 6. The second-order valence-corrected chi connectivity index (χ2v) is 12.6. The molecule has 2 amide bonds. The lowest BCUT2D eigenvalue weighted by Gasteiger charge is -2.18. The number of aryl methyl sites for hydroxylation is 2. The second-order valence-electron chi connectivity index (χ2n) is 12.6. The average Bonchev–Trinajstić information content (AvgIpc) is 3.71. The van der Waals surface area contributed by atoms with Gasteiger partial charge in [-0.15, -0.1) is 0 Å². The number of imidazole rings is 1. The van der Waals surface area contributed by atoms with Gasteiger partial charge in [0.25, 0.3) is 5.56 Å². The number of amides is 2. The number of aromatic nitrogens is 5. The number of fused-ring (bicyclic) bond motifs is 2. The zero-order valence-corrected chi connectivity index (χ0v) is 28.5. The number of benzene rings is 2. The van der Waals surface area contributed by atoms with Gasteiger partial charge in [0.05, 0.1) is 6.33 Å². The van der Waals surface area contributed by atoms with Gasteiger partial charge in [-0.2, -0.15) is 0 Å². The maximum atomic E-state index is 13.2. The SMILES string of the molecule is Cn1cnc2c1c(=O)n(CCCCCCCCCCCNC(=O)C(Cc1c[nH]c3ccccc13)NC(=O)OCc1ccccc1)c(=O)n2C. The Hall–Kier alpha value is -5.13. The Morgan fingerprint density at radius 2 is 1.55 bits per heavy atom. The Morgan fingerprint density at radius 3 is 2.31 bits per heavy atom. The molecule has 0 fully saturated rings. The van der Waals surface area contributed by atoms with E-state index >= 15 is 0 Å². The van der Waals surface area contributed by atoms with Crippen LogP contribution in [-0.2, 0) is 43.2 Å². The van der Waals surface area contributed by atoms with Gasteiger partial charge in [-0.05, 0) is 30.0 Å². The van der Waals surface area contributed by atoms with Crippen molar-refractivity contribution in [2.75, 3.05) is 6.54 Å². The second kappa shape index (κ2) is 17.3. The number of aromatic amines is 1. The molecule has 3 aromatic heterocycles. The summed E-state index contributed by atoms with van der Waals surface area (Å²) in [6.45, 7) is 1.07. The molecule has 49 heavy (non-hydrogen) atoms. The number of alkyl carbamates (subject to hydrolysis) is 1. The summed E-state index contributed by atoms with van der Waals surface area (Å²) in [5.41, 5.74) is 3.05. The van der Waals surface area contributed by atoms with Crippen LogP contribution in [0.25, 0.3) is 22.1 Å². The van der Waals surface area contributed by atoms with Gasteiger partial charge in [0.15, 0.2) is 11.2 Å². The van der Waals surface area contributed by atoms with Gasteiger partial charge in [-0.25, -0.2) is 14.6 Å². The highest BCUT2D eigenvalue weighted by atomic mass is 16.5. The first kappa shape index (κ1) is 35.2. The number of hydrogen-bond donors (Lipinski definition) is 3. The van der Waals surface area contributed by atoms with Gasteiger partial charge in [0, 0.05) is 50.7 Å². The highest BCUT2D eigenvalue weighted by Crippen LogP contribution is 2.19. The number of nitrogens with zero attached hydrogens (tertiary/aromatic N) is 4. The van der Waals surface area contributed by atoms with E-state index in [4.69, 9.17) is 4.74 Å². The minimum absolute atomic E-state index is 0.125. The zero-order chi connectivity index (χ0) is 34.6. The van der Waals surface area contributed by atoms with Crippen LogP contribution >= 0.6 is 0 Å². The molecule has 0 saturated carbocycles. The maximum Gasteiger partial charge on any atom is 0.408 e. The molecule has 0 aliphatic carbocycles. The number of carbonyl (C=O) groups excluding carboxylic acids is 2. The van der Waals surface area contributed by atoms with Crippen LogP contribution in [0, 0.1) is 0 Å². The molecule has 0 spiro atoms. The Kier molecular flexibility index (Phi) is 12.4. The summed E-state index contributed by atoms with van der Waals surface area (Å²) in [6, 6.07) is 16.5. The van der Waals surface area contributed by atoms with Crippen LogP contribution in [-0.4, -0.2) is 48.3 Å². The van der Waals surface area contributed by atoms with Crippen molar-refractivity contribution in [3.63, 3.8) is 0 Å². The van der Waals surface area contributed by atoms with Crippen LogP contribution in [0.5, 0.6) is 0 Å². The van der Waals surface area contributed by atoms with E-state index in [9.17, 15) is 19.2 Å². The minimum Gasteiger partial charge on any atom is -0.445 e.